The van der Waals surface area contributed by atoms with Crippen molar-refractivity contribution in [3.05, 3.63) is 193 Å². The molecule has 0 aromatic heterocycles. The van der Waals surface area contributed by atoms with Gasteiger partial charge in [0.15, 0.2) is 11.9 Å². The van der Waals surface area contributed by atoms with Gasteiger partial charge in [0.05, 0.1) is 45.2 Å². The Hall–Kier alpha value is -5.11. The van der Waals surface area contributed by atoms with Crippen molar-refractivity contribution in [1.29, 1.82) is 0 Å². The van der Waals surface area contributed by atoms with Crippen molar-refractivity contribution in [3.8, 4) is 0 Å². The van der Waals surface area contributed by atoms with Crippen molar-refractivity contribution in [2.75, 3.05) is 13.2 Å². The first-order valence-electron chi connectivity index (χ1n) is 22.1. The van der Waals surface area contributed by atoms with E-state index in [-0.39, 0.29) is 24.9 Å². The summed E-state index contributed by atoms with van der Waals surface area (Å²) < 4.78 is 39.7. The zero-order valence-corrected chi connectivity index (χ0v) is 37.7. The molecule has 0 aliphatic carbocycles. The van der Waals surface area contributed by atoms with E-state index in [1.165, 1.54) is 12.2 Å². The highest BCUT2D eigenvalue weighted by atomic mass is 28.4. The first kappa shape index (κ1) is 45.5. The van der Waals surface area contributed by atoms with Crippen LogP contribution in [0, 0.1) is 0 Å². The van der Waals surface area contributed by atoms with E-state index in [4.69, 9.17) is 28.1 Å². The molecule has 0 spiro atoms. The summed E-state index contributed by atoms with van der Waals surface area (Å²) in [5.74, 6) is -2.58. The first-order chi connectivity index (χ1) is 31.0. The molecule has 0 radical (unpaired) electrons. The van der Waals surface area contributed by atoms with E-state index < -0.39 is 56.5 Å². The van der Waals surface area contributed by atoms with Crippen molar-refractivity contribution >= 4 is 35.2 Å². The van der Waals surface area contributed by atoms with Crippen molar-refractivity contribution in [1.82, 2.24) is 0 Å². The van der Waals surface area contributed by atoms with Gasteiger partial charge < -0.3 is 38.3 Å². The van der Waals surface area contributed by atoms with Crippen LogP contribution in [0.1, 0.15) is 43.9 Å². The number of carbonyl (C=O) groups excluding carboxylic acids is 1. The fourth-order valence-electron chi connectivity index (χ4n) is 8.94. The Labute approximate surface area is 377 Å². The Balaban J connectivity index is 1.07. The molecule has 0 saturated carbocycles. The molecule has 7 atom stereocenters. The van der Waals surface area contributed by atoms with Crippen LogP contribution < -0.4 is 10.4 Å². The minimum absolute atomic E-state index is 0.143. The summed E-state index contributed by atoms with van der Waals surface area (Å²) in [4.78, 5) is 13.9. The number of aliphatic hydroxyl groups is 2. The van der Waals surface area contributed by atoms with Gasteiger partial charge in [0.1, 0.15) is 18.3 Å². The van der Waals surface area contributed by atoms with Crippen molar-refractivity contribution in [2.45, 2.75) is 94.5 Å². The molecule has 64 heavy (non-hydrogen) atoms. The topological polar surface area (TPSA) is 113 Å². The molecule has 1 fully saturated rings. The van der Waals surface area contributed by atoms with E-state index in [1.807, 2.05) is 115 Å². The van der Waals surface area contributed by atoms with Crippen LogP contribution in [0.4, 0.5) is 0 Å². The number of carbonyl (C=O) groups is 1. The fourth-order valence-corrected chi connectivity index (χ4v) is 13.5. The monoisotopic (exact) mass is 878 g/mol. The molecule has 0 amide bonds. The second-order valence-corrected chi connectivity index (χ2v) is 22.1. The van der Waals surface area contributed by atoms with Crippen molar-refractivity contribution in [3.63, 3.8) is 0 Å². The lowest BCUT2D eigenvalue weighted by atomic mass is 9.90. The van der Waals surface area contributed by atoms with Crippen LogP contribution >= 0.6 is 0 Å². The lowest BCUT2D eigenvalue weighted by Gasteiger charge is -2.46. The van der Waals surface area contributed by atoms with Crippen LogP contribution in [0.25, 0.3) is 10.8 Å². The van der Waals surface area contributed by atoms with Gasteiger partial charge >= 0.3 is 0 Å². The number of hydrogen-bond donors (Lipinski definition) is 2. The maximum atomic E-state index is 13.9. The standard InChI is InChI=1S/C54H58O9Si/c1-53(2,3)64(44-24-12-6-13-25-44,45-26-14-7-15-27-45)61-38-54(57)31-30-46(55)51(63-54)50(56)52-48(60-36-41-28-29-42-22-16-17-23-43(42)32-41)33-47(59-35-40-20-10-5-11-21-40)49(62-52)37-58-34-39-18-8-4-9-19-39/h4-32,47-52,56-57H,33-38H2,1-3H3/t47-,48+,49+,50?,51?,52+,54?/m0/s1. The zero-order valence-electron chi connectivity index (χ0n) is 36.7. The molecule has 2 aliphatic rings. The molecular formula is C54H58O9Si. The van der Waals surface area contributed by atoms with E-state index in [1.54, 1.807) is 0 Å². The molecule has 9 nitrogen and oxygen atoms in total. The smallest absolute Gasteiger partial charge is 0.261 e. The van der Waals surface area contributed by atoms with Gasteiger partial charge in [-0.05, 0) is 61.1 Å². The van der Waals surface area contributed by atoms with Crippen LogP contribution in [-0.2, 0) is 52.7 Å². The Bertz CT molecular complexity index is 2400. The molecule has 332 valence electrons. The summed E-state index contributed by atoms with van der Waals surface area (Å²) in [7, 11) is -3.13. The van der Waals surface area contributed by atoms with E-state index in [0.29, 0.717) is 19.6 Å². The lowest BCUT2D eigenvalue weighted by molar-refractivity contribution is -0.271. The number of benzene rings is 6. The van der Waals surface area contributed by atoms with Crippen LogP contribution in [0.3, 0.4) is 0 Å². The Morgan fingerprint density at radius 1 is 0.688 bits per heavy atom. The largest absolute Gasteiger partial charge is 0.402 e. The fraction of sp³-hybridized carbons (Fsp3) is 0.315. The molecule has 0 bridgehead atoms. The average Bonchev–Trinajstić information content (AvgIpc) is 3.32. The van der Waals surface area contributed by atoms with Gasteiger partial charge in [-0.1, -0.05) is 178 Å². The third kappa shape index (κ3) is 10.5. The van der Waals surface area contributed by atoms with Gasteiger partial charge in [0, 0.05) is 6.42 Å². The number of rotatable bonds is 17. The molecule has 3 unspecified atom stereocenters. The van der Waals surface area contributed by atoms with Gasteiger partial charge in [-0.2, -0.15) is 0 Å². The average molecular weight is 879 g/mol. The van der Waals surface area contributed by atoms with Gasteiger partial charge in [0.25, 0.3) is 8.32 Å². The molecule has 10 heteroatoms. The van der Waals surface area contributed by atoms with Gasteiger partial charge in [-0.3, -0.25) is 4.79 Å². The SMILES string of the molecule is CC(C)(C)[Si](OCC1(O)C=CC(=O)C(C(O)[C@@H]2O[C@H](COCc3ccccc3)[C@@H](OCc3ccccc3)C[C@H]2OCc2ccc3ccccc3c2)O1)(c1ccccc1)c1ccccc1. The second-order valence-electron chi connectivity index (χ2n) is 17.8. The van der Waals surface area contributed by atoms with Gasteiger partial charge in [-0.25, -0.2) is 0 Å². The number of aliphatic hydroxyl groups excluding tert-OH is 1. The molecule has 6 aromatic carbocycles. The molecule has 6 aromatic rings. The summed E-state index contributed by atoms with van der Waals surface area (Å²) in [5, 5.41) is 28.5. The van der Waals surface area contributed by atoms with Crippen molar-refractivity contribution < 1.29 is 43.1 Å². The number of ketones is 1. The molecule has 8 rings (SSSR count). The van der Waals surface area contributed by atoms with Gasteiger partial charge in [-0.15, -0.1) is 0 Å². The molecule has 2 heterocycles. The molecule has 2 aliphatic heterocycles. The van der Waals surface area contributed by atoms with Crippen LogP contribution in [0.5, 0.6) is 0 Å². The predicted octanol–water partition coefficient (Wildman–Crippen LogP) is 7.83. The third-order valence-corrected chi connectivity index (χ3v) is 17.2. The van der Waals surface area contributed by atoms with E-state index in [0.717, 1.165) is 37.8 Å². The summed E-state index contributed by atoms with van der Waals surface area (Å²) in [6, 6.07) is 54.2. The maximum Gasteiger partial charge on any atom is 0.261 e. The van der Waals surface area contributed by atoms with Crippen molar-refractivity contribution in [2.24, 2.45) is 0 Å². The quantitative estimate of drug-likeness (QED) is 0.0886. The molecular weight excluding hydrogens is 821 g/mol. The molecule has 2 N–H and O–H groups in total. The van der Waals surface area contributed by atoms with Gasteiger partial charge in [0.2, 0.25) is 5.79 Å². The number of hydrogen-bond acceptors (Lipinski definition) is 9. The van der Waals surface area contributed by atoms with E-state index in [9.17, 15) is 15.0 Å². The second kappa shape index (κ2) is 20.4. The molecule has 1 saturated heterocycles. The van der Waals surface area contributed by atoms with Crippen LogP contribution in [0.2, 0.25) is 5.04 Å². The normalized spacial score (nSPS) is 23.3. The van der Waals surface area contributed by atoms with Crippen LogP contribution in [0.15, 0.2) is 176 Å². The number of ether oxygens (including phenoxy) is 5. The predicted molar refractivity (Wildman–Crippen MR) is 250 cm³/mol. The Morgan fingerprint density at radius 3 is 1.86 bits per heavy atom. The minimum Gasteiger partial charge on any atom is -0.402 e. The van der Waals surface area contributed by atoms with Crippen LogP contribution in [-0.4, -0.2) is 79.9 Å². The van der Waals surface area contributed by atoms with E-state index in [2.05, 4.69) is 69.3 Å². The zero-order chi connectivity index (χ0) is 44.6. The summed E-state index contributed by atoms with van der Waals surface area (Å²) in [6.07, 6.45) is -3.15. The first-order valence-corrected chi connectivity index (χ1v) is 24.0. The number of fused-ring (bicyclic) bond motifs is 1. The highest BCUT2D eigenvalue weighted by Crippen LogP contribution is 2.39. The summed E-state index contributed by atoms with van der Waals surface area (Å²) >= 11 is 0. The highest BCUT2D eigenvalue weighted by molar-refractivity contribution is 6.99. The summed E-state index contributed by atoms with van der Waals surface area (Å²) in [6.45, 7) is 7.15. The lowest BCUT2D eigenvalue weighted by Crippen LogP contribution is -2.68. The summed E-state index contributed by atoms with van der Waals surface area (Å²) in [5.41, 5.74) is 2.93. The third-order valence-electron chi connectivity index (χ3n) is 12.2. The maximum absolute atomic E-state index is 13.9. The van der Waals surface area contributed by atoms with E-state index >= 15 is 0 Å². The highest BCUT2D eigenvalue weighted by Gasteiger charge is 2.53. The minimum atomic E-state index is -3.13. The Morgan fingerprint density at radius 2 is 1.23 bits per heavy atom. The Kier molecular flexibility index (Phi) is 14.5.